The van der Waals surface area contributed by atoms with E-state index in [1.54, 1.807) is 16.1 Å². The van der Waals surface area contributed by atoms with E-state index in [0.717, 1.165) is 42.2 Å². The number of aliphatic imine (C=N–C) groups is 1. The lowest BCUT2D eigenvalue weighted by atomic mass is 10.2. The number of nitrogens with zero attached hydrogens (tertiary/aromatic N) is 6. The number of aromatic nitrogens is 3. The Morgan fingerprint density at radius 3 is 2.81 bits per heavy atom. The molecule has 8 nitrogen and oxygen atoms in total. The van der Waals surface area contributed by atoms with Gasteiger partial charge in [-0.3, -0.25) is 4.79 Å². The lowest BCUT2D eigenvalue weighted by Gasteiger charge is -2.33. The minimum Gasteiger partial charge on any atom is -0.367 e. The molecule has 1 aliphatic heterocycles. The van der Waals surface area contributed by atoms with E-state index in [1.165, 1.54) is 6.07 Å². The fraction of sp³-hybridized carbons (Fsp3) is 0.364. The van der Waals surface area contributed by atoms with Crippen LogP contribution in [0.25, 0.3) is 5.52 Å². The molecular weight excluding hydrogens is 397 g/mol. The van der Waals surface area contributed by atoms with Crippen molar-refractivity contribution >= 4 is 23.4 Å². The molecular formula is C22H26FN7O. The molecule has 0 aromatic carbocycles. The number of carbonyl (C=O) groups is 1. The molecule has 1 aliphatic rings. The van der Waals surface area contributed by atoms with Crippen LogP contribution in [0.2, 0.25) is 0 Å². The molecule has 4 heterocycles. The Morgan fingerprint density at radius 2 is 2.10 bits per heavy atom. The van der Waals surface area contributed by atoms with Gasteiger partial charge < -0.3 is 14.8 Å². The fourth-order valence-electron chi connectivity index (χ4n) is 3.97. The summed E-state index contributed by atoms with van der Waals surface area (Å²) < 4.78 is 18.5. The van der Waals surface area contributed by atoms with Gasteiger partial charge in [-0.25, -0.2) is 13.9 Å². The minimum atomic E-state index is -0.470. The number of nitrogens with one attached hydrogen (secondary N) is 1. The van der Waals surface area contributed by atoms with E-state index in [-0.39, 0.29) is 11.3 Å². The molecule has 0 aliphatic carbocycles. The Morgan fingerprint density at radius 1 is 1.29 bits per heavy atom. The summed E-state index contributed by atoms with van der Waals surface area (Å²) in [7, 11) is 1.74. The number of amidine groups is 1. The zero-order valence-corrected chi connectivity index (χ0v) is 18.1. The summed E-state index contributed by atoms with van der Waals surface area (Å²) in [6.07, 6.45) is 2.28. The maximum Gasteiger partial charge on any atom is 0.234 e. The standard InChI is InChI=1S/C22H26FN7O/c1-14-7-18-9-17(8-16(3)30(18)27-14)21(25-13-31)26-22-20(23)10-19(12-28(22)4)29-6-5-24-15(2)11-29/h7-10,12-13,15,24H,5-6,11H2,1-4H3. The number of piperazine rings is 1. The third kappa shape index (κ3) is 4.27. The van der Waals surface area contributed by atoms with Crippen LogP contribution >= 0.6 is 0 Å². The molecule has 1 atom stereocenters. The zero-order valence-electron chi connectivity index (χ0n) is 18.1. The molecule has 1 fully saturated rings. The van der Waals surface area contributed by atoms with Crippen molar-refractivity contribution in [3.8, 4) is 0 Å². The lowest BCUT2D eigenvalue weighted by molar-refractivity contribution is -0.106. The lowest BCUT2D eigenvalue weighted by Crippen LogP contribution is -2.49. The summed E-state index contributed by atoms with van der Waals surface area (Å²) in [5.74, 6) is -0.319. The molecule has 1 saturated heterocycles. The van der Waals surface area contributed by atoms with Gasteiger partial charge in [-0.15, -0.1) is 0 Å². The van der Waals surface area contributed by atoms with Crippen molar-refractivity contribution in [2.24, 2.45) is 17.0 Å². The smallest absolute Gasteiger partial charge is 0.234 e. The Labute approximate surface area is 179 Å². The second kappa shape index (κ2) is 8.43. The summed E-state index contributed by atoms with van der Waals surface area (Å²) in [5, 5.41) is 7.82. The fourth-order valence-corrected chi connectivity index (χ4v) is 3.97. The van der Waals surface area contributed by atoms with Gasteiger partial charge in [-0.1, -0.05) is 0 Å². The van der Waals surface area contributed by atoms with Crippen molar-refractivity contribution in [2.75, 3.05) is 24.5 Å². The molecule has 3 aromatic rings. The van der Waals surface area contributed by atoms with E-state index in [1.807, 2.05) is 38.2 Å². The highest BCUT2D eigenvalue weighted by atomic mass is 19.1. The van der Waals surface area contributed by atoms with Crippen molar-refractivity contribution in [1.82, 2.24) is 19.5 Å². The molecule has 1 unspecified atom stereocenters. The van der Waals surface area contributed by atoms with Crippen LogP contribution in [0.5, 0.6) is 0 Å². The van der Waals surface area contributed by atoms with Crippen molar-refractivity contribution in [1.29, 1.82) is 0 Å². The summed E-state index contributed by atoms with van der Waals surface area (Å²) in [5.41, 5.74) is 4.12. The Bertz CT molecular complexity index is 1210. The first-order valence-electron chi connectivity index (χ1n) is 10.2. The number of hydrogen-bond donors (Lipinski definition) is 1. The SMILES string of the molecule is Cc1cc2cc(C(=NC=O)N=c3c(F)cc(N4CCNC(C)C4)cn3C)cc(C)n2n1. The van der Waals surface area contributed by atoms with Crippen LogP contribution in [-0.4, -0.2) is 52.1 Å². The molecule has 1 N–H and O–H groups in total. The largest absolute Gasteiger partial charge is 0.367 e. The van der Waals surface area contributed by atoms with Crippen molar-refractivity contribution < 1.29 is 9.18 Å². The second-order valence-electron chi connectivity index (χ2n) is 7.96. The van der Waals surface area contributed by atoms with Crippen LogP contribution < -0.4 is 15.7 Å². The van der Waals surface area contributed by atoms with Crippen molar-refractivity contribution in [3.63, 3.8) is 0 Å². The first-order chi connectivity index (χ1) is 14.9. The molecule has 1 amide bonds. The average molecular weight is 423 g/mol. The molecule has 0 bridgehead atoms. The normalized spacial score (nSPS) is 18.1. The highest BCUT2D eigenvalue weighted by molar-refractivity contribution is 6.03. The van der Waals surface area contributed by atoms with Gasteiger partial charge in [0.15, 0.2) is 17.1 Å². The number of fused-ring (bicyclic) bond motifs is 1. The minimum absolute atomic E-state index is 0.106. The van der Waals surface area contributed by atoms with Gasteiger partial charge >= 0.3 is 0 Å². The van der Waals surface area contributed by atoms with Gasteiger partial charge in [-0.05, 0) is 39.0 Å². The molecule has 0 saturated carbocycles. The average Bonchev–Trinajstić information content (AvgIpc) is 3.10. The first-order valence-corrected chi connectivity index (χ1v) is 10.2. The van der Waals surface area contributed by atoms with Gasteiger partial charge in [0.2, 0.25) is 6.41 Å². The van der Waals surface area contributed by atoms with Crippen LogP contribution in [0, 0.1) is 19.7 Å². The molecule has 0 spiro atoms. The number of pyridine rings is 2. The maximum atomic E-state index is 15.1. The van der Waals surface area contributed by atoms with Crippen molar-refractivity contribution in [2.45, 2.75) is 26.8 Å². The van der Waals surface area contributed by atoms with Crippen LogP contribution in [0.3, 0.4) is 0 Å². The van der Waals surface area contributed by atoms with Crippen LogP contribution in [-0.2, 0) is 11.8 Å². The topological polar surface area (TPSA) is 79.3 Å². The number of halogens is 1. The van der Waals surface area contributed by atoms with E-state index >= 15 is 4.39 Å². The number of carbonyl (C=O) groups excluding carboxylic acids is 1. The molecule has 0 radical (unpaired) electrons. The van der Waals surface area contributed by atoms with E-state index in [9.17, 15) is 4.79 Å². The number of aryl methyl sites for hydroxylation is 3. The first kappa shape index (κ1) is 20.9. The molecule has 162 valence electrons. The number of hydrogen-bond acceptors (Lipinski definition) is 4. The predicted molar refractivity (Wildman–Crippen MR) is 118 cm³/mol. The molecule has 9 heteroatoms. The quantitative estimate of drug-likeness (QED) is 0.395. The third-order valence-corrected chi connectivity index (χ3v) is 5.39. The van der Waals surface area contributed by atoms with Crippen molar-refractivity contribution in [3.05, 3.63) is 58.7 Å². The molecule has 31 heavy (non-hydrogen) atoms. The maximum absolute atomic E-state index is 15.1. The van der Waals surface area contributed by atoms with Gasteiger partial charge in [-0.2, -0.15) is 10.1 Å². The zero-order chi connectivity index (χ0) is 22.1. The third-order valence-electron chi connectivity index (χ3n) is 5.39. The van der Waals surface area contributed by atoms with E-state index in [2.05, 4.69) is 32.2 Å². The number of rotatable bonds is 3. The predicted octanol–water partition coefficient (Wildman–Crippen LogP) is 1.73. The summed E-state index contributed by atoms with van der Waals surface area (Å²) in [4.78, 5) is 21.7. The Balaban J connectivity index is 1.78. The highest BCUT2D eigenvalue weighted by Gasteiger charge is 2.18. The summed E-state index contributed by atoms with van der Waals surface area (Å²) >= 11 is 0. The highest BCUT2D eigenvalue weighted by Crippen LogP contribution is 2.17. The van der Waals surface area contributed by atoms with Crippen LogP contribution in [0.4, 0.5) is 10.1 Å². The summed E-state index contributed by atoms with van der Waals surface area (Å²) in [6, 6.07) is 7.43. The summed E-state index contributed by atoms with van der Waals surface area (Å²) in [6.45, 7) is 8.39. The van der Waals surface area contributed by atoms with E-state index < -0.39 is 5.82 Å². The Hall–Kier alpha value is -3.33. The van der Waals surface area contributed by atoms with Crippen LogP contribution in [0.15, 0.2) is 40.4 Å². The second-order valence-corrected chi connectivity index (χ2v) is 7.96. The van der Waals surface area contributed by atoms with Gasteiger partial charge in [0.1, 0.15) is 0 Å². The number of amides is 1. The molecule has 3 aromatic heterocycles. The van der Waals surface area contributed by atoms with Crippen LogP contribution in [0.1, 0.15) is 23.9 Å². The monoisotopic (exact) mass is 423 g/mol. The molecule has 4 rings (SSSR count). The van der Waals surface area contributed by atoms with Gasteiger partial charge in [0, 0.05) is 56.2 Å². The Kier molecular flexibility index (Phi) is 5.69. The van der Waals surface area contributed by atoms with E-state index in [4.69, 9.17) is 0 Å². The number of anilines is 1. The van der Waals surface area contributed by atoms with E-state index in [0.29, 0.717) is 18.0 Å². The van der Waals surface area contributed by atoms with Gasteiger partial charge in [0.05, 0.1) is 16.9 Å². The van der Waals surface area contributed by atoms with Gasteiger partial charge in [0.25, 0.3) is 0 Å².